The average Bonchev–Trinajstić information content (AvgIpc) is 2.81. The van der Waals surface area contributed by atoms with Crippen LogP contribution in [0.1, 0.15) is 6.92 Å². The van der Waals surface area contributed by atoms with Crippen molar-refractivity contribution >= 4 is 21.5 Å². The second-order valence-corrected chi connectivity index (χ2v) is 5.86. The van der Waals surface area contributed by atoms with Crippen LogP contribution >= 0.6 is 0 Å². The topological polar surface area (TPSA) is 94.1 Å². The molecule has 2 heterocycles. The molecule has 102 valence electrons. The van der Waals surface area contributed by atoms with Crippen LogP contribution in [0, 0.1) is 0 Å². The maximum Gasteiger partial charge on any atom is 0.269 e. The van der Waals surface area contributed by atoms with Gasteiger partial charge in [-0.3, -0.25) is 14.0 Å². The fraction of sp³-hybridized carbons (Fsp3) is 0.273. The van der Waals surface area contributed by atoms with Crippen LogP contribution in [0.25, 0.3) is 0 Å². The molecule has 0 fully saturated rings. The number of nitrogens with two attached hydrogens (primary N) is 1. The van der Waals surface area contributed by atoms with E-state index in [4.69, 9.17) is 5.73 Å². The van der Waals surface area contributed by atoms with Gasteiger partial charge >= 0.3 is 0 Å². The minimum absolute atomic E-state index is 0.000651. The minimum atomic E-state index is -3.73. The molecule has 2 rings (SSSR count). The maximum atomic E-state index is 12.4. The molecule has 8 heteroatoms. The summed E-state index contributed by atoms with van der Waals surface area (Å²) in [4.78, 5) is 3.90. The zero-order valence-electron chi connectivity index (χ0n) is 10.7. The van der Waals surface area contributed by atoms with Crippen LogP contribution in [0.15, 0.2) is 35.6 Å². The molecule has 2 N–H and O–H groups in total. The first kappa shape index (κ1) is 13.3. The highest BCUT2D eigenvalue weighted by molar-refractivity contribution is 7.93. The molecule has 2 aromatic heterocycles. The van der Waals surface area contributed by atoms with E-state index in [1.165, 1.54) is 24.1 Å². The lowest BCUT2D eigenvalue weighted by molar-refractivity contribution is 0.594. The van der Waals surface area contributed by atoms with E-state index in [0.717, 1.165) is 4.31 Å². The Kier molecular flexibility index (Phi) is 3.43. The lowest BCUT2D eigenvalue weighted by Crippen LogP contribution is -2.27. The van der Waals surface area contributed by atoms with Gasteiger partial charge < -0.3 is 5.73 Å². The molecular formula is C11H15N5O2S. The van der Waals surface area contributed by atoms with E-state index < -0.39 is 10.0 Å². The van der Waals surface area contributed by atoms with Crippen molar-refractivity contribution in [2.24, 2.45) is 0 Å². The fourth-order valence-electron chi connectivity index (χ4n) is 1.61. The first-order valence-electron chi connectivity index (χ1n) is 5.68. The molecule has 0 atom stereocenters. The monoisotopic (exact) mass is 281 g/mol. The van der Waals surface area contributed by atoms with Gasteiger partial charge in [0, 0.05) is 26.0 Å². The summed E-state index contributed by atoms with van der Waals surface area (Å²) >= 11 is 0. The van der Waals surface area contributed by atoms with Crippen LogP contribution in [0.4, 0.5) is 11.5 Å². The van der Waals surface area contributed by atoms with Crippen LogP contribution in [-0.4, -0.2) is 30.2 Å². The van der Waals surface area contributed by atoms with Crippen molar-refractivity contribution in [2.45, 2.75) is 18.4 Å². The van der Waals surface area contributed by atoms with Crippen LogP contribution < -0.4 is 10.0 Å². The molecule has 2 aromatic rings. The molecule has 0 saturated carbocycles. The summed E-state index contributed by atoms with van der Waals surface area (Å²) in [6.07, 6.45) is 4.48. The summed E-state index contributed by atoms with van der Waals surface area (Å²) in [7, 11) is -2.27. The van der Waals surface area contributed by atoms with E-state index in [-0.39, 0.29) is 10.7 Å². The van der Waals surface area contributed by atoms with Gasteiger partial charge in [-0.1, -0.05) is 0 Å². The summed E-state index contributed by atoms with van der Waals surface area (Å²) in [6, 6.07) is 3.32. The third-order valence-electron chi connectivity index (χ3n) is 2.73. The van der Waals surface area contributed by atoms with Gasteiger partial charge in [-0.05, 0) is 19.1 Å². The Morgan fingerprint density at radius 3 is 2.74 bits per heavy atom. The normalized spacial score (nSPS) is 11.5. The molecule has 0 aliphatic carbocycles. The zero-order valence-corrected chi connectivity index (χ0v) is 11.5. The number of nitrogen functional groups attached to an aromatic ring is 1. The highest BCUT2D eigenvalue weighted by Gasteiger charge is 2.26. The molecule has 0 aliphatic heterocycles. The van der Waals surface area contributed by atoms with Gasteiger partial charge in [0.15, 0.2) is 5.82 Å². The van der Waals surface area contributed by atoms with Crippen molar-refractivity contribution in [3.8, 4) is 0 Å². The van der Waals surface area contributed by atoms with Crippen molar-refractivity contribution in [3.05, 3.63) is 30.7 Å². The van der Waals surface area contributed by atoms with Gasteiger partial charge in [-0.15, -0.1) is 0 Å². The number of rotatable bonds is 4. The Morgan fingerprint density at radius 1 is 1.47 bits per heavy atom. The number of aryl methyl sites for hydroxylation is 1. The second kappa shape index (κ2) is 4.88. The number of hydrogen-bond donors (Lipinski definition) is 1. The summed E-state index contributed by atoms with van der Waals surface area (Å²) in [5.41, 5.74) is 6.13. The first-order chi connectivity index (χ1) is 8.96. The number of sulfonamides is 1. The molecule has 0 unspecified atom stereocenters. The molecule has 0 saturated heterocycles. The van der Waals surface area contributed by atoms with Crippen LogP contribution in [0.2, 0.25) is 0 Å². The summed E-state index contributed by atoms with van der Waals surface area (Å²) in [5, 5.41) is 3.94. The molecule has 0 bridgehead atoms. The van der Waals surface area contributed by atoms with E-state index >= 15 is 0 Å². The third kappa shape index (κ3) is 2.39. The molecule has 7 nitrogen and oxygen atoms in total. The molecule has 0 aliphatic rings. The van der Waals surface area contributed by atoms with Crippen molar-refractivity contribution in [2.75, 3.05) is 17.1 Å². The predicted molar refractivity (Wildman–Crippen MR) is 72.1 cm³/mol. The van der Waals surface area contributed by atoms with E-state index in [1.807, 2.05) is 6.92 Å². The maximum absolute atomic E-state index is 12.4. The van der Waals surface area contributed by atoms with Crippen molar-refractivity contribution < 1.29 is 8.42 Å². The van der Waals surface area contributed by atoms with Gasteiger partial charge in [0.05, 0.1) is 11.9 Å². The number of anilines is 2. The first-order valence-corrected chi connectivity index (χ1v) is 7.12. The van der Waals surface area contributed by atoms with Gasteiger partial charge in [0.2, 0.25) is 0 Å². The summed E-state index contributed by atoms with van der Waals surface area (Å²) < 4.78 is 27.5. The van der Waals surface area contributed by atoms with E-state index in [1.54, 1.807) is 18.3 Å². The number of nitrogens with zero attached hydrogens (tertiary/aromatic N) is 4. The van der Waals surface area contributed by atoms with Gasteiger partial charge in [0.25, 0.3) is 10.0 Å². The molecule has 0 aromatic carbocycles. The summed E-state index contributed by atoms with van der Waals surface area (Å²) in [6.45, 7) is 2.41. The SMILES string of the molecule is CCn1cc(S(=O)(=O)N(C)c2cccnc2)c(N)n1. The Labute approximate surface area is 111 Å². The highest BCUT2D eigenvalue weighted by atomic mass is 32.2. The Morgan fingerprint density at radius 2 is 2.21 bits per heavy atom. The smallest absolute Gasteiger partial charge is 0.269 e. The molecule has 19 heavy (non-hydrogen) atoms. The number of hydrogen-bond acceptors (Lipinski definition) is 5. The lowest BCUT2D eigenvalue weighted by atomic mass is 10.4. The Balaban J connectivity index is 2.45. The molecule has 0 spiro atoms. The Hall–Kier alpha value is -2.09. The zero-order chi connectivity index (χ0) is 14.0. The van der Waals surface area contributed by atoms with Crippen LogP contribution in [-0.2, 0) is 16.6 Å². The van der Waals surface area contributed by atoms with Crippen LogP contribution in [0.5, 0.6) is 0 Å². The van der Waals surface area contributed by atoms with E-state index in [2.05, 4.69) is 10.1 Å². The van der Waals surface area contributed by atoms with Gasteiger partial charge in [-0.25, -0.2) is 8.42 Å². The fourth-order valence-corrected chi connectivity index (χ4v) is 2.85. The summed E-state index contributed by atoms with van der Waals surface area (Å²) in [5.74, 6) is -0.00223. The third-order valence-corrected chi connectivity index (χ3v) is 4.53. The van der Waals surface area contributed by atoms with Gasteiger partial charge in [0.1, 0.15) is 4.90 Å². The second-order valence-electron chi connectivity index (χ2n) is 3.92. The molecule has 0 amide bonds. The van der Waals surface area contributed by atoms with Gasteiger partial charge in [-0.2, -0.15) is 5.10 Å². The number of aromatic nitrogens is 3. The lowest BCUT2D eigenvalue weighted by Gasteiger charge is -2.18. The van der Waals surface area contributed by atoms with Crippen molar-refractivity contribution in [1.29, 1.82) is 0 Å². The predicted octanol–water partition coefficient (Wildman–Crippen LogP) is 0.705. The standard InChI is InChI=1S/C11H15N5O2S/c1-3-16-8-10(11(12)14-16)19(17,18)15(2)9-5-4-6-13-7-9/h4-8H,3H2,1-2H3,(H2,12,14). The molecular weight excluding hydrogens is 266 g/mol. The minimum Gasteiger partial charge on any atom is -0.381 e. The largest absolute Gasteiger partial charge is 0.381 e. The average molecular weight is 281 g/mol. The van der Waals surface area contributed by atoms with E-state index in [9.17, 15) is 8.42 Å². The highest BCUT2D eigenvalue weighted by Crippen LogP contribution is 2.24. The molecule has 0 radical (unpaired) electrons. The number of pyridine rings is 1. The van der Waals surface area contributed by atoms with Crippen molar-refractivity contribution in [3.63, 3.8) is 0 Å². The Bertz CT molecular complexity index is 666. The quantitative estimate of drug-likeness (QED) is 0.890. The van der Waals surface area contributed by atoms with Crippen LogP contribution in [0.3, 0.4) is 0 Å². The van der Waals surface area contributed by atoms with Crippen molar-refractivity contribution in [1.82, 2.24) is 14.8 Å². The van der Waals surface area contributed by atoms with E-state index in [0.29, 0.717) is 12.2 Å².